The summed E-state index contributed by atoms with van der Waals surface area (Å²) in [4.78, 5) is 11.6. The molecule has 0 bridgehead atoms. The molecule has 88 valence electrons. The Hall–Kier alpha value is -1.95. The minimum absolute atomic E-state index is 0.0135. The predicted octanol–water partition coefficient (Wildman–Crippen LogP) is 1.92. The highest BCUT2D eigenvalue weighted by molar-refractivity contribution is 6.31. The number of rotatable bonds is 2. The molecule has 1 aromatic heterocycles. The van der Waals surface area contributed by atoms with Gasteiger partial charge in [0.1, 0.15) is 5.82 Å². The second-order valence-electron chi connectivity index (χ2n) is 3.13. The molecule has 0 aliphatic rings. The van der Waals surface area contributed by atoms with Crippen molar-refractivity contribution in [2.45, 2.75) is 0 Å². The molecule has 7 heteroatoms. The van der Waals surface area contributed by atoms with Crippen LogP contribution in [0.15, 0.2) is 18.2 Å². The van der Waals surface area contributed by atoms with Crippen LogP contribution in [0.4, 0.5) is 10.3 Å². The standard InChI is InChI=1S/C10H8ClFN4O/c1-17-10-15-8(14-9(13)16-10)5-2-3-7(12)6(11)4-5/h2-4H,1H3,(H2,13,14,15,16). The van der Waals surface area contributed by atoms with Gasteiger partial charge in [-0.05, 0) is 18.2 Å². The van der Waals surface area contributed by atoms with Crippen molar-refractivity contribution >= 4 is 17.5 Å². The van der Waals surface area contributed by atoms with Crippen LogP contribution in [-0.2, 0) is 0 Å². The minimum Gasteiger partial charge on any atom is -0.467 e. The minimum atomic E-state index is -0.510. The Morgan fingerprint density at radius 2 is 2.06 bits per heavy atom. The van der Waals surface area contributed by atoms with Crippen LogP contribution >= 0.6 is 11.6 Å². The molecule has 0 radical (unpaired) electrons. The van der Waals surface area contributed by atoms with Gasteiger partial charge in [0.2, 0.25) is 5.95 Å². The Morgan fingerprint density at radius 1 is 1.29 bits per heavy atom. The van der Waals surface area contributed by atoms with E-state index in [2.05, 4.69) is 15.0 Å². The Kier molecular flexibility index (Phi) is 3.06. The quantitative estimate of drug-likeness (QED) is 0.886. The van der Waals surface area contributed by atoms with E-state index in [1.54, 1.807) is 0 Å². The second-order valence-corrected chi connectivity index (χ2v) is 3.54. The van der Waals surface area contributed by atoms with E-state index in [4.69, 9.17) is 22.1 Å². The van der Waals surface area contributed by atoms with E-state index in [9.17, 15) is 4.39 Å². The summed E-state index contributed by atoms with van der Waals surface area (Å²) in [6.45, 7) is 0. The summed E-state index contributed by atoms with van der Waals surface area (Å²) in [5, 5.41) is -0.0135. The van der Waals surface area contributed by atoms with Gasteiger partial charge in [-0.3, -0.25) is 0 Å². The summed E-state index contributed by atoms with van der Waals surface area (Å²) in [6, 6.07) is 4.22. The van der Waals surface area contributed by atoms with Crippen molar-refractivity contribution in [2.75, 3.05) is 12.8 Å². The molecule has 2 N–H and O–H groups in total. The van der Waals surface area contributed by atoms with Crippen molar-refractivity contribution in [3.63, 3.8) is 0 Å². The lowest BCUT2D eigenvalue weighted by molar-refractivity contribution is 0.379. The highest BCUT2D eigenvalue weighted by Crippen LogP contribution is 2.23. The fourth-order valence-corrected chi connectivity index (χ4v) is 1.41. The highest BCUT2D eigenvalue weighted by Gasteiger charge is 2.09. The molecule has 0 atom stereocenters. The van der Waals surface area contributed by atoms with Crippen molar-refractivity contribution in [3.05, 3.63) is 29.0 Å². The van der Waals surface area contributed by atoms with Crippen molar-refractivity contribution < 1.29 is 9.13 Å². The van der Waals surface area contributed by atoms with Crippen molar-refractivity contribution in [1.82, 2.24) is 15.0 Å². The zero-order valence-corrected chi connectivity index (χ0v) is 9.57. The largest absolute Gasteiger partial charge is 0.467 e. The normalized spacial score (nSPS) is 10.3. The number of nitrogens with two attached hydrogens (primary N) is 1. The smallest absolute Gasteiger partial charge is 0.321 e. The predicted molar refractivity (Wildman–Crippen MR) is 61.2 cm³/mol. The molecular weight excluding hydrogens is 247 g/mol. The first kappa shape index (κ1) is 11.5. The maximum atomic E-state index is 13.0. The molecule has 1 aromatic carbocycles. The summed E-state index contributed by atoms with van der Waals surface area (Å²) in [5.74, 6) is -0.215. The average Bonchev–Trinajstić information content (AvgIpc) is 2.32. The topological polar surface area (TPSA) is 73.9 Å². The Labute approximate surface area is 101 Å². The van der Waals surface area contributed by atoms with Gasteiger partial charge in [0.15, 0.2) is 5.82 Å². The Bertz CT molecular complexity index is 564. The summed E-state index contributed by atoms with van der Waals surface area (Å²) >= 11 is 5.67. The van der Waals surface area contributed by atoms with E-state index in [0.717, 1.165) is 0 Å². The lowest BCUT2D eigenvalue weighted by atomic mass is 10.2. The van der Waals surface area contributed by atoms with Crippen LogP contribution in [0, 0.1) is 5.82 Å². The molecule has 5 nitrogen and oxygen atoms in total. The molecule has 0 saturated carbocycles. The van der Waals surface area contributed by atoms with Crippen molar-refractivity contribution in [1.29, 1.82) is 0 Å². The van der Waals surface area contributed by atoms with E-state index in [0.29, 0.717) is 5.56 Å². The van der Waals surface area contributed by atoms with Gasteiger partial charge in [-0.15, -0.1) is 0 Å². The molecule has 0 spiro atoms. The summed E-state index contributed by atoms with van der Waals surface area (Å²) < 4.78 is 17.9. The lowest BCUT2D eigenvalue weighted by Crippen LogP contribution is -2.02. The monoisotopic (exact) mass is 254 g/mol. The molecule has 17 heavy (non-hydrogen) atoms. The van der Waals surface area contributed by atoms with Crippen LogP contribution in [0.1, 0.15) is 0 Å². The first-order valence-corrected chi connectivity index (χ1v) is 4.99. The van der Waals surface area contributed by atoms with Crippen LogP contribution in [0.5, 0.6) is 6.01 Å². The van der Waals surface area contributed by atoms with Crippen LogP contribution in [-0.4, -0.2) is 22.1 Å². The number of benzene rings is 1. The molecular formula is C10H8ClFN4O. The molecule has 1 heterocycles. The van der Waals surface area contributed by atoms with Crippen LogP contribution in [0.2, 0.25) is 5.02 Å². The first-order valence-electron chi connectivity index (χ1n) is 4.61. The van der Waals surface area contributed by atoms with E-state index < -0.39 is 5.82 Å². The summed E-state index contributed by atoms with van der Waals surface area (Å²) in [5.41, 5.74) is 6.02. The van der Waals surface area contributed by atoms with E-state index in [-0.39, 0.29) is 22.8 Å². The SMILES string of the molecule is COc1nc(N)nc(-c2ccc(F)c(Cl)c2)n1. The van der Waals surface area contributed by atoms with E-state index in [1.165, 1.54) is 25.3 Å². The number of nitrogens with zero attached hydrogens (tertiary/aromatic N) is 3. The molecule has 0 fully saturated rings. The molecule has 0 unspecified atom stereocenters. The molecule has 0 aliphatic heterocycles. The molecule has 2 aromatic rings. The lowest BCUT2D eigenvalue weighted by Gasteiger charge is -2.04. The summed E-state index contributed by atoms with van der Waals surface area (Å²) in [6.07, 6.45) is 0. The van der Waals surface area contributed by atoms with Crippen LogP contribution < -0.4 is 10.5 Å². The van der Waals surface area contributed by atoms with E-state index >= 15 is 0 Å². The number of anilines is 1. The average molecular weight is 255 g/mol. The first-order chi connectivity index (χ1) is 8.10. The van der Waals surface area contributed by atoms with Gasteiger partial charge in [-0.2, -0.15) is 15.0 Å². The number of ether oxygens (including phenoxy) is 1. The zero-order valence-electron chi connectivity index (χ0n) is 8.82. The van der Waals surface area contributed by atoms with Gasteiger partial charge in [0, 0.05) is 5.56 Å². The van der Waals surface area contributed by atoms with Gasteiger partial charge in [-0.1, -0.05) is 11.6 Å². The van der Waals surface area contributed by atoms with Gasteiger partial charge in [0.05, 0.1) is 12.1 Å². The van der Waals surface area contributed by atoms with Crippen molar-refractivity contribution in [2.24, 2.45) is 0 Å². The maximum Gasteiger partial charge on any atom is 0.321 e. The number of hydrogen-bond donors (Lipinski definition) is 1. The zero-order chi connectivity index (χ0) is 12.4. The van der Waals surface area contributed by atoms with Gasteiger partial charge in [0.25, 0.3) is 0 Å². The Morgan fingerprint density at radius 3 is 2.71 bits per heavy atom. The third-order valence-corrected chi connectivity index (χ3v) is 2.28. The van der Waals surface area contributed by atoms with Gasteiger partial charge >= 0.3 is 6.01 Å². The molecule has 0 amide bonds. The third-order valence-electron chi connectivity index (χ3n) is 1.99. The number of aromatic nitrogens is 3. The number of hydrogen-bond acceptors (Lipinski definition) is 5. The third kappa shape index (κ3) is 2.42. The van der Waals surface area contributed by atoms with Gasteiger partial charge in [-0.25, -0.2) is 4.39 Å². The Balaban J connectivity index is 2.52. The highest BCUT2D eigenvalue weighted by atomic mass is 35.5. The summed E-state index contributed by atoms with van der Waals surface area (Å²) in [7, 11) is 1.41. The molecule has 0 saturated heterocycles. The second kappa shape index (κ2) is 4.50. The molecule has 2 rings (SSSR count). The molecule has 0 aliphatic carbocycles. The number of halogens is 2. The van der Waals surface area contributed by atoms with E-state index in [1.807, 2.05) is 0 Å². The number of nitrogen functional groups attached to an aromatic ring is 1. The number of methoxy groups -OCH3 is 1. The van der Waals surface area contributed by atoms with Gasteiger partial charge < -0.3 is 10.5 Å². The van der Waals surface area contributed by atoms with Crippen molar-refractivity contribution in [3.8, 4) is 17.4 Å². The maximum absolute atomic E-state index is 13.0. The van der Waals surface area contributed by atoms with Crippen LogP contribution in [0.3, 0.4) is 0 Å². The fraction of sp³-hybridized carbons (Fsp3) is 0.100. The fourth-order valence-electron chi connectivity index (χ4n) is 1.23. The van der Waals surface area contributed by atoms with Crippen LogP contribution in [0.25, 0.3) is 11.4 Å².